The fourth-order valence-corrected chi connectivity index (χ4v) is 0.649. The Bertz CT molecular complexity index is 164. The topological polar surface area (TPSA) is 12.0 Å². The Morgan fingerprint density at radius 2 is 2.10 bits per heavy atom. The maximum Gasteiger partial charge on any atom is 0.0336 e. The molecule has 10 heavy (non-hydrogen) atoms. The molecule has 0 spiro atoms. The number of hydrogen-bond acceptors (Lipinski definition) is 1. The van der Waals surface area contributed by atoms with Gasteiger partial charge in [0.25, 0.3) is 0 Å². The molecule has 0 amide bonds. The molecule has 0 aromatic carbocycles. The van der Waals surface area contributed by atoms with Crippen molar-refractivity contribution in [3.05, 3.63) is 36.1 Å². The average molecular weight is 137 g/mol. The Hall–Kier alpha value is -0.980. The summed E-state index contributed by atoms with van der Waals surface area (Å²) >= 11 is 0. The fraction of sp³-hybridized carbons (Fsp3) is 0.333. The molecule has 0 aromatic rings. The zero-order chi connectivity index (χ0) is 7.98. The van der Waals surface area contributed by atoms with Crippen molar-refractivity contribution in [1.82, 2.24) is 5.32 Å². The van der Waals surface area contributed by atoms with Crippen LogP contribution in [0.2, 0.25) is 0 Å². The van der Waals surface area contributed by atoms with E-state index < -0.39 is 0 Å². The van der Waals surface area contributed by atoms with E-state index in [1.54, 1.807) is 0 Å². The third-order valence-electron chi connectivity index (χ3n) is 1.04. The van der Waals surface area contributed by atoms with Crippen molar-refractivity contribution < 1.29 is 0 Å². The molecule has 0 unspecified atom stereocenters. The lowest BCUT2D eigenvalue weighted by Crippen LogP contribution is -2.02. The van der Waals surface area contributed by atoms with Crippen molar-refractivity contribution in [2.75, 3.05) is 7.05 Å². The summed E-state index contributed by atoms with van der Waals surface area (Å²) in [5.74, 6) is 0. The Balaban J connectivity index is 4.18. The van der Waals surface area contributed by atoms with E-state index in [-0.39, 0.29) is 0 Å². The summed E-state index contributed by atoms with van der Waals surface area (Å²) in [6.07, 6.45) is 6.00. The van der Waals surface area contributed by atoms with Crippen molar-refractivity contribution in [1.29, 1.82) is 0 Å². The number of rotatable bonds is 3. The third-order valence-corrected chi connectivity index (χ3v) is 1.04. The third kappa shape index (κ3) is 3.96. The molecule has 0 bridgehead atoms. The van der Waals surface area contributed by atoms with Gasteiger partial charge in [-0.05, 0) is 26.0 Å². The van der Waals surface area contributed by atoms with Crippen LogP contribution >= 0.6 is 0 Å². The van der Waals surface area contributed by atoms with Gasteiger partial charge in [0.1, 0.15) is 0 Å². The lowest BCUT2D eigenvalue weighted by Gasteiger charge is -1.98. The highest BCUT2D eigenvalue weighted by Gasteiger charge is 1.83. The minimum Gasteiger partial charge on any atom is -0.388 e. The second-order valence-corrected chi connectivity index (χ2v) is 2.20. The van der Waals surface area contributed by atoms with E-state index in [1.807, 2.05) is 39.1 Å². The Labute approximate surface area is 63.1 Å². The zero-order valence-electron chi connectivity index (χ0n) is 6.94. The lowest BCUT2D eigenvalue weighted by molar-refractivity contribution is 1.03. The highest BCUT2D eigenvalue weighted by Crippen LogP contribution is 1.96. The molecule has 1 heteroatoms. The van der Waals surface area contributed by atoms with Crippen LogP contribution in [-0.4, -0.2) is 7.05 Å². The van der Waals surface area contributed by atoms with E-state index in [4.69, 9.17) is 0 Å². The number of hydrogen-bond donors (Lipinski definition) is 1. The van der Waals surface area contributed by atoms with Gasteiger partial charge in [-0.3, -0.25) is 0 Å². The molecule has 0 rings (SSSR count). The van der Waals surface area contributed by atoms with Gasteiger partial charge in [0.05, 0.1) is 0 Å². The predicted molar refractivity (Wildman–Crippen MR) is 46.8 cm³/mol. The van der Waals surface area contributed by atoms with Gasteiger partial charge in [0.15, 0.2) is 0 Å². The first-order valence-electron chi connectivity index (χ1n) is 3.38. The molecule has 0 atom stereocenters. The van der Waals surface area contributed by atoms with Gasteiger partial charge in [0, 0.05) is 12.7 Å². The summed E-state index contributed by atoms with van der Waals surface area (Å²) in [5.41, 5.74) is 2.15. The van der Waals surface area contributed by atoms with E-state index in [2.05, 4.69) is 11.9 Å². The minimum atomic E-state index is 1.06. The fourth-order valence-electron chi connectivity index (χ4n) is 0.649. The lowest BCUT2D eigenvalue weighted by atomic mass is 10.2. The molecule has 0 aliphatic carbocycles. The van der Waals surface area contributed by atoms with Crippen LogP contribution in [0.15, 0.2) is 36.1 Å². The quantitative estimate of drug-likeness (QED) is 0.588. The van der Waals surface area contributed by atoms with Gasteiger partial charge in [-0.2, -0.15) is 0 Å². The van der Waals surface area contributed by atoms with Crippen molar-refractivity contribution in [3.8, 4) is 0 Å². The van der Waals surface area contributed by atoms with Crippen LogP contribution in [0, 0.1) is 0 Å². The van der Waals surface area contributed by atoms with Crippen LogP contribution in [-0.2, 0) is 0 Å². The summed E-state index contributed by atoms with van der Waals surface area (Å²) < 4.78 is 0. The smallest absolute Gasteiger partial charge is 0.0336 e. The molecule has 0 saturated carbocycles. The highest BCUT2D eigenvalue weighted by atomic mass is 14.8. The molecule has 56 valence electrons. The summed E-state index contributed by atoms with van der Waals surface area (Å²) in [7, 11) is 1.90. The summed E-state index contributed by atoms with van der Waals surface area (Å²) in [6, 6.07) is 0. The SMILES string of the molecule is C=C(C)/C=C(\C=C/C)NC. The molecule has 1 N–H and O–H groups in total. The van der Waals surface area contributed by atoms with Crippen molar-refractivity contribution in [2.24, 2.45) is 0 Å². The number of allylic oxidation sites excluding steroid dienone is 4. The Morgan fingerprint density at radius 3 is 2.40 bits per heavy atom. The maximum atomic E-state index is 3.77. The Morgan fingerprint density at radius 1 is 1.50 bits per heavy atom. The molecule has 0 aliphatic rings. The second kappa shape index (κ2) is 4.86. The van der Waals surface area contributed by atoms with Crippen molar-refractivity contribution >= 4 is 0 Å². The standard InChI is InChI=1S/C9H15N/c1-5-6-9(10-4)7-8(2)3/h5-7,10H,2H2,1,3-4H3/b6-5-,9-7+. The molecule has 0 heterocycles. The monoisotopic (exact) mass is 137 g/mol. The van der Waals surface area contributed by atoms with E-state index >= 15 is 0 Å². The van der Waals surface area contributed by atoms with Gasteiger partial charge in [0.2, 0.25) is 0 Å². The highest BCUT2D eigenvalue weighted by molar-refractivity contribution is 5.25. The first-order valence-corrected chi connectivity index (χ1v) is 3.38. The van der Waals surface area contributed by atoms with E-state index in [0.717, 1.165) is 11.3 Å². The van der Waals surface area contributed by atoms with Gasteiger partial charge in [-0.15, -0.1) is 0 Å². The number of likely N-dealkylation sites (N-methyl/N-ethyl adjacent to an activating group) is 1. The number of nitrogens with one attached hydrogen (secondary N) is 1. The molecule has 0 saturated heterocycles. The molecule has 0 fully saturated rings. The first-order chi connectivity index (χ1) is 4.70. The van der Waals surface area contributed by atoms with Crippen LogP contribution in [0.1, 0.15) is 13.8 Å². The molecule has 1 nitrogen and oxygen atoms in total. The van der Waals surface area contributed by atoms with Crippen LogP contribution < -0.4 is 5.32 Å². The normalized spacial score (nSPS) is 12.1. The zero-order valence-corrected chi connectivity index (χ0v) is 6.94. The van der Waals surface area contributed by atoms with Gasteiger partial charge < -0.3 is 5.32 Å². The van der Waals surface area contributed by atoms with Crippen molar-refractivity contribution in [3.63, 3.8) is 0 Å². The Kier molecular flexibility index (Phi) is 4.38. The van der Waals surface area contributed by atoms with Gasteiger partial charge in [-0.1, -0.05) is 18.2 Å². The summed E-state index contributed by atoms with van der Waals surface area (Å²) in [4.78, 5) is 0. The predicted octanol–water partition coefficient (Wildman–Crippen LogP) is 2.24. The summed E-state index contributed by atoms with van der Waals surface area (Å²) in [5, 5.41) is 3.05. The molecule has 0 aromatic heterocycles. The van der Waals surface area contributed by atoms with Crippen LogP contribution in [0.3, 0.4) is 0 Å². The van der Waals surface area contributed by atoms with Crippen LogP contribution in [0.25, 0.3) is 0 Å². The van der Waals surface area contributed by atoms with E-state index in [9.17, 15) is 0 Å². The van der Waals surface area contributed by atoms with Gasteiger partial charge in [-0.25, -0.2) is 0 Å². The van der Waals surface area contributed by atoms with Crippen LogP contribution in [0.4, 0.5) is 0 Å². The minimum absolute atomic E-state index is 1.06. The molecule has 0 aliphatic heterocycles. The van der Waals surface area contributed by atoms with Crippen molar-refractivity contribution in [2.45, 2.75) is 13.8 Å². The molecular weight excluding hydrogens is 122 g/mol. The molecular formula is C9H15N. The van der Waals surface area contributed by atoms with Gasteiger partial charge >= 0.3 is 0 Å². The van der Waals surface area contributed by atoms with E-state index in [1.165, 1.54) is 0 Å². The summed E-state index contributed by atoms with van der Waals surface area (Å²) in [6.45, 7) is 7.74. The largest absolute Gasteiger partial charge is 0.388 e. The second-order valence-electron chi connectivity index (χ2n) is 2.20. The maximum absolute atomic E-state index is 3.77. The van der Waals surface area contributed by atoms with Crippen LogP contribution in [0.5, 0.6) is 0 Å². The first kappa shape index (κ1) is 9.02. The van der Waals surface area contributed by atoms with E-state index in [0.29, 0.717) is 0 Å². The average Bonchev–Trinajstić information content (AvgIpc) is 1.86. The molecule has 0 radical (unpaired) electrons.